The third kappa shape index (κ3) is 19.7. The molecule has 0 bridgehead atoms. The first-order valence-electron chi connectivity index (χ1n) is 22.0. The molecular weight excluding hydrogens is 745 g/mol. The summed E-state index contributed by atoms with van der Waals surface area (Å²) in [6, 6.07) is 17.5. The number of rotatable bonds is 10. The number of hydrogen-bond donors (Lipinski definition) is 0. The van der Waals surface area contributed by atoms with E-state index in [1.165, 1.54) is 53.4 Å². The topological polar surface area (TPSA) is 51.6 Å². The molecule has 0 aliphatic rings. The Labute approximate surface area is 365 Å². The van der Waals surface area contributed by atoms with Crippen LogP contribution in [-0.4, -0.2) is 19.9 Å². The van der Waals surface area contributed by atoms with Crippen LogP contribution in [0.5, 0.6) is 0 Å². The average molecular weight is 827 g/mol. The Balaban J connectivity index is 0.000000363. The summed E-state index contributed by atoms with van der Waals surface area (Å²) in [7, 11) is 0. The van der Waals surface area contributed by atoms with Crippen molar-refractivity contribution in [2.45, 2.75) is 198 Å². The van der Waals surface area contributed by atoms with Crippen molar-refractivity contribution >= 4 is 22.7 Å². The van der Waals surface area contributed by atoms with Crippen LogP contribution >= 0.6 is 22.7 Å². The number of pyridine rings is 2. The maximum absolute atomic E-state index is 4.40. The van der Waals surface area contributed by atoms with Crippen LogP contribution in [0.2, 0.25) is 0 Å². The fourth-order valence-corrected chi connectivity index (χ4v) is 6.98. The van der Waals surface area contributed by atoms with E-state index in [-0.39, 0.29) is 0 Å². The van der Waals surface area contributed by atoms with Gasteiger partial charge in [0.25, 0.3) is 0 Å². The van der Waals surface area contributed by atoms with Gasteiger partial charge in [-0.05, 0) is 81.7 Å². The molecule has 0 aliphatic heterocycles. The van der Waals surface area contributed by atoms with Crippen molar-refractivity contribution < 1.29 is 0 Å². The Morgan fingerprint density at radius 1 is 0.276 bits per heavy atom. The lowest BCUT2D eigenvalue weighted by Crippen LogP contribution is -1.94. The van der Waals surface area contributed by atoms with Crippen LogP contribution < -0.4 is 0 Å². The van der Waals surface area contributed by atoms with Crippen LogP contribution in [-0.2, 0) is 0 Å². The molecule has 322 valence electrons. The van der Waals surface area contributed by atoms with Crippen molar-refractivity contribution in [3.05, 3.63) is 127 Å². The summed E-state index contributed by atoms with van der Waals surface area (Å²) in [4.78, 5) is 20.3. The molecule has 0 saturated carbocycles. The van der Waals surface area contributed by atoms with E-state index in [0.717, 1.165) is 0 Å². The predicted molar refractivity (Wildman–Crippen MR) is 260 cm³/mol. The maximum Gasteiger partial charge on any atom is 0.0953 e. The maximum atomic E-state index is 4.40. The first kappa shape index (κ1) is 52.8. The van der Waals surface area contributed by atoms with Gasteiger partial charge >= 0.3 is 0 Å². The smallest absolute Gasteiger partial charge is 0.0953 e. The zero-order valence-corrected chi connectivity index (χ0v) is 41.9. The lowest BCUT2D eigenvalue weighted by atomic mass is 9.97. The van der Waals surface area contributed by atoms with Crippen molar-refractivity contribution in [3.63, 3.8) is 0 Å². The Kier molecular flexibility index (Phi) is 24.4. The van der Waals surface area contributed by atoms with Crippen molar-refractivity contribution in [2.24, 2.45) is 0 Å². The SMILES string of the molecule is CC(C)c1ccc(C(C)C)cc1.CC(C)c1ccc(C(C)C)nc1.CC(C)c1ccc(C(C)C)nc1.CC(C)c1cnc(C(C)C)s1.CC(C)c1cnc(C(C)C)s1. The second kappa shape index (κ2) is 26.8. The summed E-state index contributed by atoms with van der Waals surface area (Å²) in [5.41, 5.74) is 7.86. The standard InChI is InChI=1S/C12H18.2C11H17N.2C9H15NS/c1-9(2)11-5-7-12(8-6-11)10(3)4;2*1-8(2)10-5-6-11(9(3)4)12-7-10;2*1-6(2)8-5-10-9(11-8)7(3)4/h5-10H,1-4H3;2*5-9H,1-4H3;2*5-7H,1-4H3. The predicted octanol–water partition coefficient (Wildman–Crippen LogP) is 17.4. The third-order valence-corrected chi connectivity index (χ3v) is 12.8. The van der Waals surface area contributed by atoms with Gasteiger partial charge in [0.2, 0.25) is 0 Å². The van der Waals surface area contributed by atoms with Gasteiger partial charge in [0.15, 0.2) is 0 Å². The van der Waals surface area contributed by atoms with Crippen molar-refractivity contribution in [1.82, 2.24) is 19.9 Å². The van der Waals surface area contributed by atoms with Crippen molar-refractivity contribution in [2.75, 3.05) is 0 Å². The Morgan fingerprint density at radius 2 is 0.552 bits per heavy atom. The average Bonchev–Trinajstić information content (AvgIpc) is 3.88. The van der Waals surface area contributed by atoms with Gasteiger partial charge in [-0.25, -0.2) is 9.97 Å². The van der Waals surface area contributed by atoms with E-state index in [0.29, 0.717) is 59.2 Å². The normalized spacial score (nSPS) is 11.3. The Morgan fingerprint density at radius 3 is 0.707 bits per heavy atom. The lowest BCUT2D eigenvalue weighted by molar-refractivity contribution is 0.802. The van der Waals surface area contributed by atoms with E-state index < -0.39 is 0 Å². The fraction of sp³-hybridized carbons (Fsp3) is 0.577. The minimum atomic E-state index is 0.534. The van der Waals surface area contributed by atoms with E-state index in [1.54, 1.807) is 0 Å². The number of thiazole rings is 2. The molecule has 0 atom stereocenters. The molecule has 1 aromatic carbocycles. The highest BCUT2D eigenvalue weighted by molar-refractivity contribution is 7.12. The molecule has 0 fully saturated rings. The van der Waals surface area contributed by atoms with E-state index >= 15 is 0 Å². The summed E-state index contributed by atoms with van der Waals surface area (Å²) in [6.45, 7) is 43.9. The molecular formula is C52H82N4S2. The summed E-state index contributed by atoms with van der Waals surface area (Å²) in [6.07, 6.45) is 7.98. The Bertz CT molecular complexity index is 1460. The van der Waals surface area contributed by atoms with Crippen LogP contribution in [0.25, 0.3) is 0 Å². The molecule has 0 spiro atoms. The molecule has 6 heteroatoms. The number of aromatic nitrogens is 4. The number of hydrogen-bond acceptors (Lipinski definition) is 6. The molecule has 4 aromatic heterocycles. The molecule has 5 aromatic rings. The first-order chi connectivity index (χ1) is 27.0. The van der Waals surface area contributed by atoms with E-state index in [2.05, 4.69) is 207 Å². The van der Waals surface area contributed by atoms with Gasteiger partial charge in [-0.2, -0.15) is 0 Å². The quantitative estimate of drug-likeness (QED) is 0.141. The lowest BCUT2D eigenvalue weighted by Gasteiger charge is -2.08. The van der Waals surface area contributed by atoms with Crippen LogP contribution in [0.3, 0.4) is 0 Å². The zero-order chi connectivity index (χ0) is 44.3. The third-order valence-electron chi connectivity index (χ3n) is 9.61. The monoisotopic (exact) mass is 827 g/mol. The molecule has 0 radical (unpaired) electrons. The van der Waals surface area contributed by atoms with Gasteiger partial charge in [-0.1, -0.05) is 175 Å². The van der Waals surface area contributed by atoms with Crippen molar-refractivity contribution in [1.29, 1.82) is 0 Å². The first-order valence-corrected chi connectivity index (χ1v) is 23.6. The summed E-state index contributed by atoms with van der Waals surface area (Å²) >= 11 is 3.68. The van der Waals surface area contributed by atoms with Gasteiger partial charge in [-0.15, -0.1) is 22.7 Å². The zero-order valence-electron chi connectivity index (χ0n) is 40.3. The van der Waals surface area contributed by atoms with E-state index in [1.807, 2.05) is 47.5 Å². The molecule has 4 heterocycles. The van der Waals surface area contributed by atoms with Gasteiger partial charge < -0.3 is 0 Å². The van der Waals surface area contributed by atoms with Crippen LogP contribution in [0.1, 0.15) is 251 Å². The summed E-state index contributed by atoms with van der Waals surface area (Å²) in [5, 5.41) is 2.52. The van der Waals surface area contributed by atoms with Crippen molar-refractivity contribution in [3.8, 4) is 0 Å². The van der Waals surface area contributed by atoms with Gasteiger partial charge in [-0.3, -0.25) is 9.97 Å². The largest absolute Gasteiger partial charge is 0.261 e. The molecule has 0 N–H and O–H groups in total. The summed E-state index contributed by atoms with van der Waals surface area (Å²) < 4.78 is 0. The highest BCUT2D eigenvalue weighted by Gasteiger charge is 2.09. The second-order valence-corrected chi connectivity index (χ2v) is 20.6. The highest BCUT2D eigenvalue weighted by atomic mass is 32.1. The molecule has 0 aliphatic carbocycles. The highest BCUT2D eigenvalue weighted by Crippen LogP contribution is 2.27. The molecule has 4 nitrogen and oxygen atoms in total. The van der Waals surface area contributed by atoms with Crippen LogP contribution in [0.4, 0.5) is 0 Å². The number of nitrogens with zero attached hydrogens (tertiary/aromatic N) is 4. The van der Waals surface area contributed by atoms with E-state index in [4.69, 9.17) is 0 Å². The summed E-state index contributed by atoms with van der Waals surface area (Å²) in [5.74, 6) is 5.92. The number of benzene rings is 1. The van der Waals surface area contributed by atoms with Gasteiger partial charge in [0, 0.05) is 57.8 Å². The van der Waals surface area contributed by atoms with Gasteiger partial charge in [0.05, 0.1) is 10.0 Å². The van der Waals surface area contributed by atoms with E-state index in [9.17, 15) is 0 Å². The molecule has 0 amide bonds. The molecule has 0 unspecified atom stereocenters. The van der Waals surface area contributed by atoms with Crippen LogP contribution in [0.15, 0.2) is 73.3 Å². The Hall–Kier alpha value is -3.22. The molecule has 58 heavy (non-hydrogen) atoms. The minimum absolute atomic E-state index is 0.534. The molecule has 5 rings (SSSR count). The van der Waals surface area contributed by atoms with Gasteiger partial charge in [0.1, 0.15) is 0 Å². The fourth-order valence-electron chi connectivity index (χ4n) is 5.13. The van der Waals surface area contributed by atoms with Crippen LogP contribution in [0, 0.1) is 0 Å². The molecule has 0 saturated heterocycles. The minimum Gasteiger partial charge on any atom is -0.261 e. The second-order valence-electron chi connectivity index (χ2n) is 18.4.